The fourth-order valence-corrected chi connectivity index (χ4v) is 2.35. The van der Waals surface area contributed by atoms with Crippen molar-refractivity contribution in [3.8, 4) is 0 Å². The Morgan fingerprint density at radius 2 is 1.95 bits per heavy atom. The lowest BCUT2D eigenvalue weighted by Crippen LogP contribution is -2.35. The van der Waals surface area contributed by atoms with Gasteiger partial charge in [0.15, 0.2) is 0 Å². The zero-order valence-corrected chi connectivity index (χ0v) is 13.5. The first-order chi connectivity index (χ1) is 9.56. The van der Waals surface area contributed by atoms with Crippen LogP contribution in [0, 0.1) is 0 Å². The summed E-state index contributed by atoms with van der Waals surface area (Å²) in [5.74, 6) is 7.68. The van der Waals surface area contributed by atoms with Crippen LogP contribution in [0.1, 0.15) is 65.4 Å². The van der Waals surface area contributed by atoms with Gasteiger partial charge >= 0.3 is 0 Å². The molecule has 0 aliphatic rings. The first-order valence-electron chi connectivity index (χ1n) is 7.64. The summed E-state index contributed by atoms with van der Waals surface area (Å²) in [4.78, 5) is 11.2. The third-order valence-electron chi connectivity index (χ3n) is 3.72. The van der Waals surface area contributed by atoms with Gasteiger partial charge in [-0.25, -0.2) is 15.8 Å². The topological polar surface area (TPSA) is 67.1 Å². The van der Waals surface area contributed by atoms with Crippen LogP contribution in [0.4, 0.5) is 11.6 Å². The van der Waals surface area contributed by atoms with E-state index >= 15 is 0 Å². The van der Waals surface area contributed by atoms with E-state index in [0.29, 0.717) is 12.0 Å². The van der Waals surface area contributed by atoms with Crippen molar-refractivity contribution < 1.29 is 0 Å². The van der Waals surface area contributed by atoms with Crippen molar-refractivity contribution in [3.63, 3.8) is 0 Å². The van der Waals surface area contributed by atoms with Crippen LogP contribution < -0.4 is 16.2 Å². The lowest BCUT2D eigenvalue weighted by molar-refractivity contribution is 0.584. The minimum Gasteiger partial charge on any atom is -0.354 e. The maximum Gasteiger partial charge on any atom is 0.148 e. The summed E-state index contributed by atoms with van der Waals surface area (Å²) >= 11 is 0. The highest BCUT2D eigenvalue weighted by atomic mass is 15.3. The Morgan fingerprint density at radius 1 is 1.25 bits per heavy atom. The van der Waals surface area contributed by atoms with E-state index < -0.39 is 0 Å². The molecule has 0 fully saturated rings. The lowest BCUT2D eigenvalue weighted by atomic mass is 10.0. The van der Waals surface area contributed by atoms with E-state index in [0.717, 1.165) is 36.6 Å². The number of rotatable bonds is 8. The van der Waals surface area contributed by atoms with Gasteiger partial charge in [-0.3, -0.25) is 0 Å². The van der Waals surface area contributed by atoms with Crippen molar-refractivity contribution in [2.45, 2.75) is 65.8 Å². The van der Waals surface area contributed by atoms with Crippen molar-refractivity contribution in [3.05, 3.63) is 11.9 Å². The van der Waals surface area contributed by atoms with E-state index in [1.54, 1.807) is 6.33 Å². The van der Waals surface area contributed by atoms with Gasteiger partial charge in [0.2, 0.25) is 0 Å². The highest BCUT2D eigenvalue weighted by Crippen LogP contribution is 2.31. The Bertz CT molecular complexity index is 405. The number of aromatic nitrogens is 2. The Kier molecular flexibility index (Phi) is 6.71. The molecule has 20 heavy (non-hydrogen) atoms. The van der Waals surface area contributed by atoms with Crippen LogP contribution >= 0.6 is 0 Å². The predicted molar refractivity (Wildman–Crippen MR) is 85.9 cm³/mol. The van der Waals surface area contributed by atoms with Gasteiger partial charge in [0, 0.05) is 18.2 Å². The molecular weight excluding hydrogens is 250 g/mol. The molecule has 1 heterocycles. The van der Waals surface area contributed by atoms with Gasteiger partial charge in [-0.1, -0.05) is 34.1 Å². The quantitative estimate of drug-likeness (QED) is 0.564. The second kappa shape index (κ2) is 8.04. The monoisotopic (exact) mass is 279 g/mol. The Hall–Kier alpha value is -1.36. The second-order valence-electron chi connectivity index (χ2n) is 5.56. The van der Waals surface area contributed by atoms with Crippen LogP contribution in [-0.2, 0) is 0 Å². The molecule has 0 spiro atoms. The molecule has 114 valence electrons. The maximum absolute atomic E-state index is 5.61. The number of hydrazine groups is 1. The molecule has 1 rings (SSSR count). The molecule has 1 unspecified atom stereocenters. The molecule has 5 nitrogen and oxygen atoms in total. The molecule has 0 aliphatic heterocycles. The van der Waals surface area contributed by atoms with Crippen LogP contribution in [-0.4, -0.2) is 22.6 Å². The van der Waals surface area contributed by atoms with Crippen LogP contribution in [0.15, 0.2) is 6.33 Å². The van der Waals surface area contributed by atoms with E-state index in [-0.39, 0.29) is 0 Å². The number of nitrogens with two attached hydrogens (primary N) is 1. The summed E-state index contributed by atoms with van der Waals surface area (Å²) in [7, 11) is 0. The molecule has 1 aromatic rings. The van der Waals surface area contributed by atoms with Crippen molar-refractivity contribution in [1.29, 1.82) is 0 Å². The molecule has 0 aliphatic carbocycles. The number of nitrogens with zero attached hydrogens (tertiary/aromatic N) is 3. The predicted octanol–water partition coefficient (Wildman–Crippen LogP) is 3.29. The van der Waals surface area contributed by atoms with E-state index in [4.69, 9.17) is 5.84 Å². The summed E-state index contributed by atoms with van der Waals surface area (Å²) in [5.41, 5.74) is 3.81. The molecule has 0 radical (unpaired) electrons. The SMILES string of the molecule is CCCCN(c1ncnc(NN)c1C(C)C)C(C)CC. The van der Waals surface area contributed by atoms with Crippen molar-refractivity contribution in [2.75, 3.05) is 16.9 Å². The first-order valence-corrected chi connectivity index (χ1v) is 7.64. The zero-order chi connectivity index (χ0) is 15.1. The lowest BCUT2D eigenvalue weighted by Gasteiger charge is -2.32. The van der Waals surface area contributed by atoms with Crippen LogP contribution in [0.25, 0.3) is 0 Å². The maximum atomic E-state index is 5.61. The van der Waals surface area contributed by atoms with Crippen LogP contribution in [0.3, 0.4) is 0 Å². The second-order valence-corrected chi connectivity index (χ2v) is 5.56. The van der Waals surface area contributed by atoms with Crippen LogP contribution in [0.2, 0.25) is 0 Å². The van der Waals surface area contributed by atoms with Crippen molar-refractivity contribution >= 4 is 11.6 Å². The first kappa shape index (κ1) is 16.7. The fraction of sp³-hybridized carbons (Fsp3) is 0.733. The summed E-state index contributed by atoms with van der Waals surface area (Å²) in [6.07, 6.45) is 5.03. The fourth-order valence-electron chi connectivity index (χ4n) is 2.35. The van der Waals surface area contributed by atoms with Gasteiger partial charge in [-0.2, -0.15) is 0 Å². The molecule has 0 bridgehead atoms. The van der Waals surface area contributed by atoms with Gasteiger partial charge in [-0.05, 0) is 25.7 Å². The number of nitrogen functional groups attached to an aromatic ring is 1. The molecule has 0 aromatic carbocycles. The summed E-state index contributed by atoms with van der Waals surface area (Å²) in [5, 5.41) is 0. The average Bonchev–Trinajstić information content (AvgIpc) is 2.46. The minimum absolute atomic E-state index is 0.324. The molecule has 3 N–H and O–H groups in total. The largest absolute Gasteiger partial charge is 0.354 e. The minimum atomic E-state index is 0.324. The highest BCUT2D eigenvalue weighted by molar-refractivity contribution is 5.60. The van der Waals surface area contributed by atoms with Gasteiger partial charge in [0.25, 0.3) is 0 Å². The molecular formula is C15H29N5. The highest BCUT2D eigenvalue weighted by Gasteiger charge is 2.22. The summed E-state index contributed by atoms with van der Waals surface area (Å²) in [6.45, 7) is 12.0. The van der Waals surface area contributed by atoms with E-state index in [9.17, 15) is 0 Å². The summed E-state index contributed by atoms with van der Waals surface area (Å²) < 4.78 is 0. The molecule has 0 amide bonds. The molecule has 1 aromatic heterocycles. The van der Waals surface area contributed by atoms with Crippen LogP contribution in [0.5, 0.6) is 0 Å². The number of unbranched alkanes of at least 4 members (excludes halogenated alkanes) is 1. The van der Waals surface area contributed by atoms with E-state index in [1.165, 1.54) is 6.42 Å². The van der Waals surface area contributed by atoms with Crippen molar-refractivity contribution in [1.82, 2.24) is 9.97 Å². The van der Waals surface area contributed by atoms with Gasteiger partial charge < -0.3 is 10.3 Å². The smallest absolute Gasteiger partial charge is 0.148 e. The number of hydrogen-bond donors (Lipinski definition) is 2. The van der Waals surface area contributed by atoms with Gasteiger partial charge in [0.05, 0.1) is 0 Å². The Balaban J connectivity index is 3.24. The molecule has 0 saturated heterocycles. The van der Waals surface area contributed by atoms with E-state index in [2.05, 4.69) is 54.9 Å². The van der Waals surface area contributed by atoms with Gasteiger partial charge in [-0.15, -0.1) is 0 Å². The Morgan fingerprint density at radius 3 is 2.45 bits per heavy atom. The Labute approximate surface area is 123 Å². The third-order valence-corrected chi connectivity index (χ3v) is 3.72. The normalized spacial score (nSPS) is 12.6. The number of hydrogen-bond acceptors (Lipinski definition) is 5. The zero-order valence-electron chi connectivity index (χ0n) is 13.5. The summed E-state index contributed by atoms with van der Waals surface area (Å²) in [6, 6.07) is 0.458. The molecule has 5 heteroatoms. The van der Waals surface area contributed by atoms with Crippen molar-refractivity contribution in [2.24, 2.45) is 5.84 Å². The third kappa shape index (κ3) is 3.82. The van der Waals surface area contributed by atoms with E-state index in [1.807, 2.05) is 0 Å². The van der Waals surface area contributed by atoms with Gasteiger partial charge in [0.1, 0.15) is 18.0 Å². The number of anilines is 2. The average molecular weight is 279 g/mol. The standard InChI is InChI=1S/C15H29N5/c1-6-8-9-20(12(5)7-2)15-13(11(3)4)14(19-16)17-10-18-15/h10-12H,6-9,16H2,1-5H3,(H,17,18,19). The number of nitrogens with one attached hydrogen (secondary N) is 1. The molecule has 1 atom stereocenters. The molecule has 0 saturated carbocycles.